The fourth-order valence-electron chi connectivity index (χ4n) is 2.71. The average Bonchev–Trinajstić information content (AvgIpc) is 2.61. The zero-order valence-corrected chi connectivity index (χ0v) is 15.1. The van der Waals surface area contributed by atoms with Crippen molar-refractivity contribution < 1.29 is 40.3 Å². The van der Waals surface area contributed by atoms with Gasteiger partial charge in [0.15, 0.2) is 0 Å². The van der Waals surface area contributed by atoms with Gasteiger partial charge in [0, 0.05) is 25.0 Å². The molecule has 28 heavy (non-hydrogen) atoms. The summed E-state index contributed by atoms with van der Waals surface area (Å²) in [6.07, 6.45) is 0. The SMILES string of the molecule is CN(C)C(=O)c1ccc2c3c(cccc13)C(=O)N(OS(=O)(=O)C(F)(F)F)C2=O. The van der Waals surface area contributed by atoms with Crippen LogP contribution < -0.4 is 0 Å². The first kappa shape index (κ1) is 19.8. The number of benzene rings is 2. The van der Waals surface area contributed by atoms with Gasteiger partial charge >= 0.3 is 15.6 Å². The van der Waals surface area contributed by atoms with Crippen LogP contribution in [0.15, 0.2) is 30.3 Å². The molecule has 0 N–H and O–H groups in total. The maximum atomic E-state index is 12.6. The van der Waals surface area contributed by atoms with E-state index >= 15 is 0 Å². The van der Waals surface area contributed by atoms with E-state index in [-0.39, 0.29) is 27.5 Å². The Balaban J connectivity index is 2.19. The molecule has 148 valence electrons. The molecule has 0 unspecified atom stereocenters. The maximum Gasteiger partial charge on any atom is 0.525 e. The Morgan fingerprint density at radius 1 is 1.04 bits per heavy atom. The zero-order chi connectivity index (χ0) is 21.0. The lowest BCUT2D eigenvalue weighted by Gasteiger charge is -2.26. The van der Waals surface area contributed by atoms with Crippen molar-refractivity contribution in [3.8, 4) is 0 Å². The summed E-state index contributed by atoms with van der Waals surface area (Å²) in [7, 11) is -3.26. The van der Waals surface area contributed by atoms with Crippen LogP contribution in [0.25, 0.3) is 10.8 Å². The van der Waals surface area contributed by atoms with Gasteiger partial charge < -0.3 is 4.90 Å². The van der Waals surface area contributed by atoms with Gasteiger partial charge in [-0.15, -0.1) is 9.35 Å². The Kier molecular flexibility index (Phi) is 4.43. The molecule has 0 saturated carbocycles. The minimum atomic E-state index is -6.24. The summed E-state index contributed by atoms with van der Waals surface area (Å²) in [6.45, 7) is 0. The van der Waals surface area contributed by atoms with Crippen molar-refractivity contribution in [1.82, 2.24) is 9.96 Å². The van der Waals surface area contributed by atoms with Crippen molar-refractivity contribution in [3.05, 3.63) is 47.0 Å². The number of hydrogen-bond acceptors (Lipinski definition) is 6. The van der Waals surface area contributed by atoms with E-state index in [1.165, 1.54) is 43.3 Å². The van der Waals surface area contributed by atoms with Crippen LogP contribution >= 0.6 is 0 Å². The van der Waals surface area contributed by atoms with Gasteiger partial charge in [-0.05, 0) is 23.6 Å². The second-order valence-electron chi connectivity index (χ2n) is 5.97. The Morgan fingerprint density at radius 3 is 2.14 bits per heavy atom. The van der Waals surface area contributed by atoms with Gasteiger partial charge in [-0.3, -0.25) is 14.4 Å². The molecule has 12 heteroatoms. The third kappa shape index (κ3) is 2.90. The monoisotopic (exact) mass is 416 g/mol. The summed E-state index contributed by atoms with van der Waals surface area (Å²) >= 11 is 0. The second kappa shape index (κ2) is 6.27. The number of carbonyl (C=O) groups excluding carboxylic acids is 3. The highest BCUT2D eigenvalue weighted by Crippen LogP contribution is 2.34. The molecule has 3 amide bonds. The highest BCUT2D eigenvalue weighted by molar-refractivity contribution is 7.87. The molecule has 3 rings (SSSR count). The first-order valence-corrected chi connectivity index (χ1v) is 8.94. The molecule has 1 heterocycles. The number of rotatable bonds is 3. The highest BCUT2D eigenvalue weighted by Gasteiger charge is 2.51. The van der Waals surface area contributed by atoms with Crippen LogP contribution in [0.1, 0.15) is 31.1 Å². The number of halogens is 3. The predicted molar refractivity (Wildman–Crippen MR) is 88.5 cm³/mol. The molecule has 1 aliphatic heterocycles. The average molecular weight is 416 g/mol. The molecular formula is C16H11F3N2O6S. The molecule has 0 spiro atoms. The van der Waals surface area contributed by atoms with Crippen molar-refractivity contribution >= 4 is 38.6 Å². The van der Waals surface area contributed by atoms with Crippen molar-refractivity contribution in [3.63, 3.8) is 0 Å². The first-order valence-electron chi connectivity index (χ1n) is 7.54. The van der Waals surface area contributed by atoms with E-state index in [1.54, 1.807) is 0 Å². The zero-order valence-electron chi connectivity index (χ0n) is 14.3. The number of hydrogen-bond donors (Lipinski definition) is 0. The summed E-state index contributed by atoms with van der Waals surface area (Å²) in [5.74, 6) is -3.22. The Morgan fingerprint density at radius 2 is 1.61 bits per heavy atom. The lowest BCUT2D eigenvalue weighted by molar-refractivity contribution is -0.0761. The number of amides is 3. The molecule has 2 aromatic rings. The number of carbonyl (C=O) groups is 3. The van der Waals surface area contributed by atoms with Crippen LogP contribution in [-0.4, -0.2) is 55.7 Å². The lowest BCUT2D eigenvalue weighted by Crippen LogP contribution is -2.44. The van der Waals surface area contributed by atoms with Crippen molar-refractivity contribution in [1.29, 1.82) is 0 Å². The first-order chi connectivity index (χ1) is 12.9. The second-order valence-corrected chi connectivity index (χ2v) is 7.49. The van der Waals surface area contributed by atoms with Gasteiger partial charge in [0.2, 0.25) is 0 Å². The van der Waals surface area contributed by atoms with Gasteiger partial charge in [0.25, 0.3) is 17.7 Å². The van der Waals surface area contributed by atoms with E-state index < -0.39 is 38.4 Å². The van der Waals surface area contributed by atoms with Crippen molar-refractivity contribution in [2.45, 2.75) is 5.51 Å². The molecule has 0 bridgehead atoms. The Labute approximate surface area is 156 Å². The molecule has 0 aliphatic carbocycles. The molecule has 1 aliphatic rings. The summed E-state index contributed by atoms with van der Waals surface area (Å²) in [4.78, 5) is 38.6. The molecule has 0 aromatic heterocycles. The molecule has 2 aromatic carbocycles. The van der Waals surface area contributed by atoms with Crippen LogP contribution in [0.3, 0.4) is 0 Å². The number of alkyl halides is 3. The maximum absolute atomic E-state index is 12.6. The van der Waals surface area contributed by atoms with Gasteiger partial charge in [-0.25, -0.2) is 0 Å². The minimum Gasteiger partial charge on any atom is -0.345 e. The van der Waals surface area contributed by atoms with Gasteiger partial charge in [0.05, 0.1) is 11.1 Å². The summed E-state index contributed by atoms with van der Waals surface area (Å²) < 4.78 is 64.0. The fraction of sp³-hybridized carbons (Fsp3) is 0.188. The topological polar surface area (TPSA) is 101 Å². The standard InChI is InChI=1S/C16H11F3N2O6S/c1-20(2)13(22)9-6-7-11-12-8(9)4-3-5-10(12)14(23)21(15(11)24)27-28(25,26)16(17,18)19/h3-7H,1-2H3. The van der Waals surface area contributed by atoms with E-state index in [1.807, 2.05) is 0 Å². The van der Waals surface area contributed by atoms with E-state index in [9.17, 15) is 36.0 Å². The summed E-state index contributed by atoms with van der Waals surface area (Å²) in [5.41, 5.74) is -6.23. The molecule has 0 atom stereocenters. The van der Waals surface area contributed by atoms with Crippen LogP contribution in [-0.2, 0) is 14.4 Å². The number of imide groups is 1. The predicted octanol–water partition coefficient (Wildman–Crippen LogP) is 1.92. The highest BCUT2D eigenvalue weighted by atomic mass is 32.2. The van der Waals surface area contributed by atoms with Crippen molar-refractivity contribution in [2.24, 2.45) is 0 Å². The van der Waals surface area contributed by atoms with E-state index in [0.29, 0.717) is 0 Å². The Hall–Kier alpha value is -2.99. The van der Waals surface area contributed by atoms with Gasteiger partial charge in [-0.2, -0.15) is 21.6 Å². The van der Waals surface area contributed by atoms with Crippen LogP contribution in [0.2, 0.25) is 0 Å². The molecule has 8 nitrogen and oxygen atoms in total. The smallest absolute Gasteiger partial charge is 0.345 e. The third-order valence-corrected chi connectivity index (χ3v) is 4.88. The number of hydroxylamine groups is 2. The quantitative estimate of drug-likeness (QED) is 0.560. The lowest BCUT2D eigenvalue weighted by atomic mass is 9.91. The Bertz CT molecular complexity index is 1120. The summed E-state index contributed by atoms with van der Waals surface area (Å²) in [5, 5.41) is -0.212. The van der Waals surface area contributed by atoms with Gasteiger partial charge in [0.1, 0.15) is 0 Å². The number of nitrogens with zero attached hydrogens (tertiary/aromatic N) is 2. The van der Waals surface area contributed by atoms with E-state index in [4.69, 9.17) is 0 Å². The molecular weight excluding hydrogens is 405 g/mol. The van der Waals surface area contributed by atoms with Crippen LogP contribution in [0.5, 0.6) is 0 Å². The summed E-state index contributed by atoms with van der Waals surface area (Å²) in [6, 6.07) is 6.36. The van der Waals surface area contributed by atoms with E-state index in [0.717, 1.165) is 6.07 Å². The van der Waals surface area contributed by atoms with Crippen molar-refractivity contribution in [2.75, 3.05) is 14.1 Å². The van der Waals surface area contributed by atoms with E-state index in [2.05, 4.69) is 4.28 Å². The molecule has 0 fully saturated rings. The minimum absolute atomic E-state index is 0.0226. The van der Waals surface area contributed by atoms with Crippen LogP contribution in [0, 0.1) is 0 Å². The normalized spacial score (nSPS) is 14.5. The fourth-order valence-corrected chi connectivity index (χ4v) is 3.13. The third-order valence-electron chi connectivity index (χ3n) is 3.96. The molecule has 0 saturated heterocycles. The largest absolute Gasteiger partial charge is 0.525 e. The van der Waals surface area contributed by atoms with Crippen LogP contribution in [0.4, 0.5) is 13.2 Å². The van der Waals surface area contributed by atoms with Gasteiger partial charge in [-0.1, -0.05) is 12.1 Å². The molecule has 0 radical (unpaired) electrons.